The smallest absolute Gasteiger partial charge is 0.269 e. The van der Waals surface area contributed by atoms with Crippen LogP contribution in [0.4, 0.5) is 17.1 Å². The van der Waals surface area contributed by atoms with E-state index in [0.717, 1.165) is 26.8 Å². The number of nitro groups is 1. The molecule has 0 amide bonds. The lowest BCUT2D eigenvalue weighted by Gasteiger charge is -2.37. The number of non-ortho nitro benzene ring substituents is 1. The van der Waals surface area contributed by atoms with Crippen molar-refractivity contribution in [3.63, 3.8) is 0 Å². The van der Waals surface area contributed by atoms with E-state index in [9.17, 15) is 10.1 Å². The van der Waals surface area contributed by atoms with Crippen molar-refractivity contribution in [3.8, 4) is 11.5 Å². The van der Waals surface area contributed by atoms with Gasteiger partial charge in [0.15, 0.2) is 11.5 Å². The van der Waals surface area contributed by atoms with E-state index >= 15 is 0 Å². The van der Waals surface area contributed by atoms with Crippen LogP contribution in [0.3, 0.4) is 0 Å². The molecule has 6 rings (SSSR count). The molecule has 4 aromatic carbocycles. The standard InChI is InChI=1S/C33H28IN3O4/c1-40-31-18-22(17-29(34)33(31)41-20-21-9-15-25(16-10-21)37(38)39)19-35-24-13-11-23(12-14-24)32-28-7-4-6-26(28)27-5-2-3-8-30(27)36-32/h2-6,8-19,26,28,32,36H,7,20H2,1H3/t26-,28+,32-/m0/s1. The van der Waals surface area contributed by atoms with Crippen LogP contribution >= 0.6 is 22.6 Å². The van der Waals surface area contributed by atoms with E-state index in [-0.39, 0.29) is 18.3 Å². The molecule has 206 valence electrons. The highest BCUT2D eigenvalue weighted by Gasteiger charge is 2.37. The zero-order chi connectivity index (χ0) is 28.3. The number of fused-ring (bicyclic) bond motifs is 3. The van der Waals surface area contributed by atoms with Crippen LogP contribution in [-0.2, 0) is 6.61 Å². The van der Waals surface area contributed by atoms with Crippen molar-refractivity contribution < 1.29 is 14.4 Å². The number of anilines is 1. The fraction of sp³-hybridized carbons (Fsp3) is 0.182. The number of ether oxygens (including phenoxy) is 2. The number of hydrogen-bond acceptors (Lipinski definition) is 6. The van der Waals surface area contributed by atoms with Gasteiger partial charge >= 0.3 is 0 Å². The van der Waals surface area contributed by atoms with Gasteiger partial charge in [-0.1, -0.05) is 42.5 Å². The number of rotatable bonds is 8. The van der Waals surface area contributed by atoms with Gasteiger partial charge in [0, 0.05) is 30.0 Å². The van der Waals surface area contributed by atoms with Gasteiger partial charge in [-0.2, -0.15) is 0 Å². The van der Waals surface area contributed by atoms with Crippen LogP contribution in [0.15, 0.2) is 102 Å². The summed E-state index contributed by atoms with van der Waals surface area (Å²) in [7, 11) is 1.60. The van der Waals surface area contributed by atoms with Crippen molar-refractivity contribution in [1.82, 2.24) is 0 Å². The van der Waals surface area contributed by atoms with Crippen molar-refractivity contribution in [1.29, 1.82) is 0 Å². The molecule has 3 atom stereocenters. The first-order chi connectivity index (χ1) is 20.0. The minimum atomic E-state index is -0.416. The van der Waals surface area contributed by atoms with Crippen LogP contribution in [0, 0.1) is 19.6 Å². The largest absolute Gasteiger partial charge is 0.493 e. The number of benzene rings is 4. The van der Waals surface area contributed by atoms with Crippen LogP contribution in [0.25, 0.3) is 0 Å². The molecule has 8 heteroatoms. The molecule has 0 saturated carbocycles. The van der Waals surface area contributed by atoms with Crippen LogP contribution in [-0.4, -0.2) is 18.2 Å². The molecule has 0 aromatic heterocycles. The Morgan fingerprint density at radius 3 is 2.61 bits per heavy atom. The molecule has 0 spiro atoms. The van der Waals surface area contributed by atoms with E-state index in [1.807, 2.05) is 18.3 Å². The summed E-state index contributed by atoms with van der Waals surface area (Å²) < 4.78 is 12.5. The molecule has 7 nitrogen and oxygen atoms in total. The molecule has 0 unspecified atom stereocenters. The lowest BCUT2D eigenvalue weighted by Crippen LogP contribution is -2.28. The molecule has 0 fully saturated rings. The first kappa shape index (κ1) is 27.0. The topological polar surface area (TPSA) is 86.0 Å². The third kappa shape index (κ3) is 5.69. The summed E-state index contributed by atoms with van der Waals surface area (Å²) in [5.74, 6) is 2.18. The lowest BCUT2D eigenvalue weighted by atomic mass is 9.77. The molecule has 41 heavy (non-hydrogen) atoms. The van der Waals surface area contributed by atoms with Crippen molar-refractivity contribution in [2.45, 2.75) is 25.0 Å². The molecule has 2 aliphatic rings. The molecule has 0 saturated heterocycles. The van der Waals surface area contributed by atoms with Crippen molar-refractivity contribution >= 4 is 45.9 Å². The molecular weight excluding hydrogens is 629 g/mol. The Kier molecular flexibility index (Phi) is 7.74. The molecule has 1 heterocycles. The fourth-order valence-corrected chi connectivity index (χ4v) is 6.40. The average molecular weight is 658 g/mol. The van der Waals surface area contributed by atoms with E-state index < -0.39 is 4.92 Å². The normalized spacial score (nSPS) is 18.9. The fourth-order valence-electron chi connectivity index (χ4n) is 5.61. The number of para-hydroxylation sites is 1. The second-order valence-corrected chi connectivity index (χ2v) is 11.3. The molecule has 1 aliphatic carbocycles. The monoisotopic (exact) mass is 657 g/mol. The Morgan fingerprint density at radius 2 is 1.85 bits per heavy atom. The van der Waals surface area contributed by atoms with Crippen molar-refractivity contribution in [2.24, 2.45) is 10.9 Å². The summed E-state index contributed by atoms with van der Waals surface area (Å²) in [4.78, 5) is 15.2. The third-order valence-electron chi connectivity index (χ3n) is 7.67. The highest BCUT2D eigenvalue weighted by atomic mass is 127. The number of allylic oxidation sites excluding steroid dienone is 2. The Morgan fingerprint density at radius 1 is 1.07 bits per heavy atom. The van der Waals surface area contributed by atoms with E-state index in [1.54, 1.807) is 19.2 Å². The first-order valence-corrected chi connectivity index (χ1v) is 14.5. The summed E-state index contributed by atoms with van der Waals surface area (Å²) in [6.07, 6.45) is 7.57. The lowest BCUT2D eigenvalue weighted by molar-refractivity contribution is -0.384. The maximum absolute atomic E-state index is 10.9. The number of nitrogens with one attached hydrogen (secondary N) is 1. The zero-order valence-corrected chi connectivity index (χ0v) is 24.5. The number of nitrogens with zero attached hydrogens (tertiary/aromatic N) is 2. The summed E-state index contributed by atoms with van der Waals surface area (Å²) in [6, 6.07) is 27.6. The first-order valence-electron chi connectivity index (χ1n) is 13.4. The number of hydrogen-bond donors (Lipinski definition) is 1. The Labute approximate surface area is 252 Å². The third-order valence-corrected chi connectivity index (χ3v) is 8.47. The highest BCUT2D eigenvalue weighted by Crippen LogP contribution is 2.49. The minimum absolute atomic E-state index is 0.0513. The molecule has 1 N–H and O–H groups in total. The van der Waals surface area contributed by atoms with E-state index in [2.05, 4.69) is 88.6 Å². The number of methoxy groups -OCH3 is 1. The van der Waals surface area contributed by atoms with Gasteiger partial charge < -0.3 is 14.8 Å². The maximum atomic E-state index is 10.9. The molecule has 1 aliphatic heterocycles. The summed E-state index contributed by atoms with van der Waals surface area (Å²) in [5, 5.41) is 14.7. The summed E-state index contributed by atoms with van der Waals surface area (Å²) in [6.45, 7) is 0.267. The Bertz CT molecular complexity index is 1630. The SMILES string of the molecule is COc1cc(C=Nc2ccc([C@@H]3Nc4ccccc4[C@@H]4C=CC[C@H]43)cc2)cc(I)c1OCc1ccc([N+](=O)[O-])cc1. The van der Waals surface area contributed by atoms with Gasteiger partial charge in [-0.05, 0) is 99.6 Å². The predicted octanol–water partition coefficient (Wildman–Crippen LogP) is 8.36. The van der Waals surface area contributed by atoms with Gasteiger partial charge in [0.1, 0.15) is 6.61 Å². The minimum Gasteiger partial charge on any atom is -0.493 e. The van der Waals surface area contributed by atoms with Gasteiger partial charge in [0.2, 0.25) is 0 Å². The molecule has 0 radical (unpaired) electrons. The molecular formula is C33H28IN3O4. The van der Waals surface area contributed by atoms with E-state index in [0.29, 0.717) is 23.3 Å². The summed E-state index contributed by atoms with van der Waals surface area (Å²) >= 11 is 2.22. The number of nitro benzene ring substituents is 1. The number of aliphatic imine (C=N–C) groups is 1. The maximum Gasteiger partial charge on any atom is 0.269 e. The molecule has 0 bridgehead atoms. The van der Waals surface area contributed by atoms with Gasteiger partial charge in [-0.25, -0.2) is 0 Å². The van der Waals surface area contributed by atoms with Crippen molar-refractivity contribution in [3.05, 3.63) is 133 Å². The highest BCUT2D eigenvalue weighted by molar-refractivity contribution is 14.1. The van der Waals surface area contributed by atoms with Gasteiger partial charge in [0.05, 0.1) is 27.3 Å². The van der Waals surface area contributed by atoms with Gasteiger partial charge in [-0.15, -0.1) is 0 Å². The zero-order valence-electron chi connectivity index (χ0n) is 22.4. The average Bonchev–Trinajstić information content (AvgIpc) is 3.50. The second kappa shape index (κ2) is 11.7. The Balaban J connectivity index is 1.15. The van der Waals surface area contributed by atoms with E-state index in [4.69, 9.17) is 14.5 Å². The van der Waals surface area contributed by atoms with Crippen LogP contribution in [0.5, 0.6) is 11.5 Å². The predicted molar refractivity (Wildman–Crippen MR) is 170 cm³/mol. The van der Waals surface area contributed by atoms with Crippen LogP contribution in [0.2, 0.25) is 0 Å². The van der Waals surface area contributed by atoms with Crippen LogP contribution in [0.1, 0.15) is 40.6 Å². The number of halogens is 1. The Hall–Kier alpha value is -4.18. The molecule has 4 aromatic rings. The van der Waals surface area contributed by atoms with Crippen molar-refractivity contribution in [2.75, 3.05) is 12.4 Å². The summed E-state index contributed by atoms with van der Waals surface area (Å²) in [5.41, 5.74) is 6.52. The second-order valence-electron chi connectivity index (χ2n) is 10.2. The van der Waals surface area contributed by atoms with Gasteiger partial charge in [0.25, 0.3) is 5.69 Å². The quantitative estimate of drug-likeness (QED) is 0.0677. The van der Waals surface area contributed by atoms with Gasteiger partial charge in [-0.3, -0.25) is 15.1 Å². The van der Waals surface area contributed by atoms with Crippen LogP contribution < -0.4 is 14.8 Å². The van der Waals surface area contributed by atoms with E-state index in [1.165, 1.54) is 28.9 Å².